The van der Waals surface area contributed by atoms with Crippen LogP contribution in [0.1, 0.15) is 6.42 Å². The van der Waals surface area contributed by atoms with Crippen molar-refractivity contribution in [3.63, 3.8) is 0 Å². The number of nitrogens with zero attached hydrogens (tertiary/aromatic N) is 3. The quantitative estimate of drug-likeness (QED) is 0.565. The van der Waals surface area contributed by atoms with E-state index in [4.69, 9.17) is 32.7 Å². The summed E-state index contributed by atoms with van der Waals surface area (Å²) in [5.74, 6) is 0.207. The van der Waals surface area contributed by atoms with Crippen LogP contribution in [0.25, 0.3) is 0 Å². The van der Waals surface area contributed by atoms with Gasteiger partial charge in [0.25, 0.3) is 5.91 Å². The van der Waals surface area contributed by atoms with Gasteiger partial charge in [-0.15, -0.1) is 0 Å². The Morgan fingerprint density at radius 2 is 1.50 bits per heavy atom. The molecule has 0 radical (unpaired) electrons. The lowest BCUT2D eigenvalue weighted by Gasteiger charge is -2.36. The summed E-state index contributed by atoms with van der Waals surface area (Å²) in [7, 11) is -3.75. The van der Waals surface area contributed by atoms with Crippen molar-refractivity contribution in [3.8, 4) is 11.5 Å². The fraction of sp³-hybridized carbons (Fsp3) is 0.364. The predicted molar refractivity (Wildman–Crippen MR) is 125 cm³/mol. The fourth-order valence-corrected chi connectivity index (χ4v) is 6.38. The molecule has 9 nitrogen and oxygen atoms in total. The molecule has 34 heavy (non-hydrogen) atoms. The SMILES string of the molecule is O=C1C[C@@H](N2CCN(S(=O)(=O)c3ccc4c(c3)OCCO4)CC2)C(=O)N1c1cc(Cl)cc(Cl)c1. The maximum absolute atomic E-state index is 13.2. The molecule has 0 unspecified atom stereocenters. The Balaban J connectivity index is 1.28. The van der Waals surface area contributed by atoms with Crippen LogP contribution in [0.2, 0.25) is 10.0 Å². The number of carbonyl (C=O) groups excluding carboxylic acids is 2. The number of benzene rings is 2. The molecule has 0 bridgehead atoms. The zero-order chi connectivity index (χ0) is 24.0. The number of carbonyl (C=O) groups is 2. The van der Waals surface area contributed by atoms with Crippen molar-refractivity contribution < 1.29 is 27.5 Å². The Morgan fingerprint density at radius 1 is 0.853 bits per heavy atom. The largest absolute Gasteiger partial charge is 0.486 e. The van der Waals surface area contributed by atoms with Crippen molar-refractivity contribution >= 4 is 50.7 Å². The van der Waals surface area contributed by atoms with E-state index in [2.05, 4.69) is 0 Å². The van der Waals surface area contributed by atoms with Gasteiger partial charge in [0.15, 0.2) is 11.5 Å². The highest BCUT2D eigenvalue weighted by atomic mass is 35.5. The molecule has 2 aromatic carbocycles. The summed E-state index contributed by atoms with van der Waals surface area (Å²) in [6.45, 7) is 1.80. The van der Waals surface area contributed by atoms with Crippen LogP contribution in [-0.4, -0.2) is 74.9 Å². The van der Waals surface area contributed by atoms with Gasteiger partial charge in [-0.1, -0.05) is 23.2 Å². The Hall–Kier alpha value is -2.37. The van der Waals surface area contributed by atoms with Gasteiger partial charge in [-0.25, -0.2) is 13.3 Å². The average molecular weight is 526 g/mol. The number of ether oxygens (including phenoxy) is 2. The lowest BCUT2D eigenvalue weighted by molar-refractivity contribution is -0.123. The molecule has 1 atom stereocenters. The van der Waals surface area contributed by atoms with Gasteiger partial charge in [0.05, 0.1) is 23.0 Å². The monoisotopic (exact) mass is 525 g/mol. The van der Waals surface area contributed by atoms with Crippen LogP contribution in [0.5, 0.6) is 11.5 Å². The van der Waals surface area contributed by atoms with Gasteiger partial charge in [-0.3, -0.25) is 14.5 Å². The summed E-state index contributed by atoms with van der Waals surface area (Å²) in [4.78, 5) is 28.8. The van der Waals surface area contributed by atoms with Crippen molar-refractivity contribution in [1.82, 2.24) is 9.21 Å². The van der Waals surface area contributed by atoms with Crippen molar-refractivity contribution in [2.75, 3.05) is 44.3 Å². The van der Waals surface area contributed by atoms with E-state index in [-0.39, 0.29) is 36.2 Å². The molecule has 0 aromatic heterocycles. The van der Waals surface area contributed by atoms with Gasteiger partial charge >= 0.3 is 0 Å². The zero-order valence-electron chi connectivity index (χ0n) is 17.9. The van der Waals surface area contributed by atoms with Crippen molar-refractivity contribution in [2.45, 2.75) is 17.4 Å². The molecule has 0 aliphatic carbocycles. The molecule has 3 aliphatic heterocycles. The highest BCUT2D eigenvalue weighted by Crippen LogP contribution is 2.34. The van der Waals surface area contributed by atoms with Crippen LogP contribution >= 0.6 is 23.2 Å². The molecule has 180 valence electrons. The highest BCUT2D eigenvalue weighted by molar-refractivity contribution is 7.89. The van der Waals surface area contributed by atoms with E-state index >= 15 is 0 Å². The number of amides is 2. The molecule has 3 heterocycles. The van der Waals surface area contributed by atoms with Gasteiger partial charge in [0.1, 0.15) is 13.2 Å². The van der Waals surface area contributed by atoms with Crippen molar-refractivity contribution in [3.05, 3.63) is 46.4 Å². The predicted octanol–water partition coefficient (Wildman–Crippen LogP) is 2.40. The fourth-order valence-electron chi connectivity index (χ4n) is 4.43. The van der Waals surface area contributed by atoms with Crippen LogP contribution in [0.15, 0.2) is 41.3 Å². The maximum atomic E-state index is 13.2. The molecular weight excluding hydrogens is 505 g/mol. The summed E-state index contributed by atoms with van der Waals surface area (Å²) in [6, 6.07) is 8.47. The Labute approximate surface area is 206 Å². The maximum Gasteiger partial charge on any atom is 0.251 e. The molecule has 5 rings (SSSR count). The molecule has 3 aliphatic rings. The first-order chi connectivity index (χ1) is 16.2. The summed E-state index contributed by atoms with van der Waals surface area (Å²) in [5.41, 5.74) is 0.329. The normalized spacial score (nSPS) is 21.8. The standard InChI is InChI=1S/C22H21Cl2N3O6S/c23-14-9-15(24)11-16(10-14)27-21(28)13-18(22(27)29)25-3-5-26(6-4-25)34(30,31)17-1-2-19-20(12-17)33-8-7-32-19/h1-2,9-12,18H,3-8,13H2/t18-/m1/s1. The van der Waals surface area contributed by atoms with Crippen LogP contribution in [0.4, 0.5) is 5.69 Å². The van der Waals surface area contributed by atoms with E-state index in [0.29, 0.717) is 53.5 Å². The first kappa shape index (κ1) is 23.4. The molecule has 0 spiro atoms. The number of hydrogen-bond acceptors (Lipinski definition) is 7. The average Bonchev–Trinajstić information content (AvgIpc) is 3.12. The molecule has 0 saturated carbocycles. The highest BCUT2D eigenvalue weighted by Gasteiger charge is 2.44. The third-order valence-corrected chi connectivity index (χ3v) is 8.42. The first-order valence-electron chi connectivity index (χ1n) is 10.7. The van der Waals surface area contributed by atoms with Gasteiger partial charge in [0.2, 0.25) is 15.9 Å². The van der Waals surface area contributed by atoms with Gasteiger partial charge < -0.3 is 9.47 Å². The lowest BCUT2D eigenvalue weighted by atomic mass is 10.2. The Bertz CT molecular complexity index is 1240. The minimum atomic E-state index is -3.75. The number of fused-ring (bicyclic) bond motifs is 1. The van der Waals surface area contributed by atoms with Crippen LogP contribution in [0.3, 0.4) is 0 Å². The molecule has 2 fully saturated rings. The Kier molecular flexibility index (Phi) is 6.19. The molecular formula is C22H21Cl2N3O6S. The van der Waals surface area contributed by atoms with Crippen LogP contribution in [-0.2, 0) is 19.6 Å². The third-order valence-electron chi connectivity index (χ3n) is 6.09. The number of imide groups is 1. The lowest BCUT2D eigenvalue weighted by Crippen LogP contribution is -2.53. The second-order valence-corrected chi connectivity index (χ2v) is 11.0. The number of sulfonamides is 1. The molecule has 12 heteroatoms. The van der Waals surface area contributed by atoms with E-state index in [0.717, 1.165) is 4.90 Å². The molecule has 0 N–H and O–H groups in total. The summed E-state index contributed by atoms with van der Waals surface area (Å²) in [6.07, 6.45) is 0.0118. The second-order valence-electron chi connectivity index (χ2n) is 8.16. The van der Waals surface area contributed by atoms with E-state index < -0.39 is 16.1 Å². The van der Waals surface area contributed by atoms with Crippen LogP contribution in [0, 0.1) is 0 Å². The molecule has 2 saturated heterocycles. The number of piperazine rings is 1. The molecule has 2 aromatic rings. The minimum absolute atomic E-state index is 0.0118. The summed E-state index contributed by atoms with van der Waals surface area (Å²) >= 11 is 12.1. The van der Waals surface area contributed by atoms with E-state index in [1.807, 2.05) is 4.90 Å². The number of rotatable bonds is 4. The summed E-state index contributed by atoms with van der Waals surface area (Å²) < 4.78 is 38.7. The topological polar surface area (TPSA) is 96.5 Å². The van der Waals surface area contributed by atoms with E-state index in [1.54, 1.807) is 6.07 Å². The second kappa shape index (κ2) is 9.01. The smallest absolute Gasteiger partial charge is 0.251 e. The zero-order valence-corrected chi connectivity index (χ0v) is 20.3. The Morgan fingerprint density at radius 3 is 2.18 bits per heavy atom. The number of anilines is 1. The first-order valence-corrected chi connectivity index (χ1v) is 12.9. The van der Waals surface area contributed by atoms with Crippen molar-refractivity contribution in [2.24, 2.45) is 0 Å². The van der Waals surface area contributed by atoms with E-state index in [1.165, 1.54) is 34.6 Å². The van der Waals surface area contributed by atoms with Gasteiger partial charge in [-0.2, -0.15) is 4.31 Å². The molecule has 2 amide bonds. The van der Waals surface area contributed by atoms with E-state index in [9.17, 15) is 18.0 Å². The van der Waals surface area contributed by atoms with Gasteiger partial charge in [0, 0.05) is 42.3 Å². The summed E-state index contributed by atoms with van der Waals surface area (Å²) in [5, 5.41) is 0.647. The number of hydrogen-bond donors (Lipinski definition) is 0. The van der Waals surface area contributed by atoms with Crippen LogP contribution < -0.4 is 14.4 Å². The number of halogens is 2. The third kappa shape index (κ3) is 4.25. The van der Waals surface area contributed by atoms with Gasteiger partial charge in [-0.05, 0) is 30.3 Å². The minimum Gasteiger partial charge on any atom is -0.486 e. The van der Waals surface area contributed by atoms with Crippen molar-refractivity contribution in [1.29, 1.82) is 0 Å².